The van der Waals surface area contributed by atoms with Crippen molar-refractivity contribution in [1.82, 2.24) is 15.2 Å². The summed E-state index contributed by atoms with van der Waals surface area (Å²) in [4.78, 5) is 4.61. The number of rotatable bonds is 2. The van der Waals surface area contributed by atoms with Crippen LogP contribution in [0.2, 0.25) is 0 Å². The van der Waals surface area contributed by atoms with E-state index in [0.717, 1.165) is 11.6 Å². The first-order chi connectivity index (χ1) is 6.93. The Hall–Kier alpha value is -0.510. The van der Waals surface area contributed by atoms with Gasteiger partial charge in [0.2, 0.25) is 0 Å². The number of aromatic amines is 1. The van der Waals surface area contributed by atoms with Crippen molar-refractivity contribution in [3.63, 3.8) is 0 Å². The van der Waals surface area contributed by atoms with Crippen LogP contribution >= 0.6 is 11.8 Å². The first-order valence-electron chi connectivity index (χ1n) is 5.47. The SMILES string of the molecule is C1CCC(c2nc(C3CC3)n[nH]2)SC1. The maximum absolute atomic E-state index is 4.61. The molecular formula is C10H15N3S. The second-order valence-electron chi connectivity index (χ2n) is 4.21. The van der Waals surface area contributed by atoms with Crippen molar-refractivity contribution in [2.24, 2.45) is 0 Å². The molecule has 3 nitrogen and oxygen atoms in total. The summed E-state index contributed by atoms with van der Waals surface area (Å²) in [6.45, 7) is 0. The van der Waals surface area contributed by atoms with Gasteiger partial charge in [0.1, 0.15) is 5.82 Å². The Balaban J connectivity index is 1.74. The molecule has 1 aromatic heterocycles. The minimum absolute atomic E-state index is 0.587. The molecule has 76 valence electrons. The van der Waals surface area contributed by atoms with E-state index in [2.05, 4.69) is 15.2 Å². The van der Waals surface area contributed by atoms with Gasteiger partial charge in [0, 0.05) is 5.92 Å². The van der Waals surface area contributed by atoms with Crippen molar-refractivity contribution >= 4 is 11.8 Å². The molecular weight excluding hydrogens is 194 g/mol. The molecule has 1 saturated heterocycles. The van der Waals surface area contributed by atoms with Crippen LogP contribution in [0.15, 0.2) is 0 Å². The van der Waals surface area contributed by atoms with Crippen molar-refractivity contribution in [3.05, 3.63) is 11.6 Å². The molecule has 1 aliphatic heterocycles. The summed E-state index contributed by atoms with van der Waals surface area (Å²) in [5.74, 6) is 4.14. The summed E-state index contributed by atoms with van der Waals surface area (Å²) in [6.07, 6.45) is 6.55. The fourth-order valence-corrected chi connectivity index (χ4v) is 3.16. The minimum Gasteiger partial charge on any atom is -0.262 e. The Morgan fingerprint density at radius 1 is 1.21 bits per heavy atom. The predicted octanol–water partition coefficient (Wildman–Crippen LogP) is 2.64. The topological polar surface area (TPSA) is 41.6 Å². The van der Waals surface area contributed by atoms with E-state index in [0.29, 0.717) is 11.2 Å². The molecule has 0 aromatic carbocycles. The minimum atomic E-state index is 0.587. The summed E-state index contributed by atoms with van der Waals surface area (Å²) >= 11 is 2.03. The van der Waals surface area contributed by atoms with Gasteiger partial charge in [0.25, 0.3) is 0 Å². The highest BCUT2D eigenvalue weighted by atomic mass is 32.2. The molecule has 2 aliphatic rings. The Labute approximate surface area is 88.1 Å². The first-order valence-corrected chi connectivity index (χ1v) is 6.52. The van der Waals surface area contributed by atoms with Gasteiger partial charge in [-0.05, 0) is 31.4 Å². The molecule has 0 radical (unpaired) electrons. The van der Waals surface area contributed by atoms with Crippen LogP contribution in [0.5, 0.6) is 0 Å². The number of hydrogen-bond donors (Lipinski definition) is 1. The van der Waals surface area contributed by atoms with E-state index < -0.39 is 0 Å². The quantitative estimate of drug-likeness (QED) is 0.814. The van der Waals surface area contributed by atoms with Crippen LogP contribution in [0.4, 0.5) is 0 Å². The van der Waals surface area contributed by atoms with E-state index in [1.54, 1.807) is 0 Å². The molecule has 0 spiro atoms. The molecule has 3 rings (SSSR count). The Kier molecular flexibility index (Phi) is 2.24. The highest BCUT2D eigenvalue weighted by Crippen LogP contribution is 2.40. The van der Waals surface area contributed by atoms with Crippen molar-refractivity contribution in [2.45, 2.75) is 43.3 Å². The van der Waals surface area contributed by atoms with E-state index in [1.807, 2.05) is 11.8 Å². The van der Waals surface area contributed by atoms with Gasteiger partial charge in [0.05, 0.1) is 5.25 Å². The monoisotopic (exact) mass is 209 g/mol. The fourth-order valence-electron chi connectivity index (χ4n) is 1.91. The van der Waals surface area contributed by atoms with Crippen LogP contribution in [0.3, 0.4) is 0 Å². The van der Waals surface area contributed by atoms with Crippen LogP contribution in [-0.4, -0.2) is 20.9 Å². The molecule has 1 N–H and O–H groups in total. The van der Waals surface area contributed by atoms with Crippen molar-refractivity contribution in [2.75, 3.05) is 5.75 Å². The molecule has 1 atom stereocenters. The molecule has 2 heterocycles. The zero-order valence-corrected chi connectivity index (χ0v) is 9.02. The molecule has 14 heavy (non-hydrogen) atoms. The number of aromatic nitrogens is 3. The Bertz CT molecular complexity index is 313. The number of H-pyrrole nitrogens is 1. The van der Waals surface area contributed by atoms with Crippen molar-refractivity contribution < 1.29 is 0 Å². The van der Waals surface area contributed by atoms with Gasteiger partial charge >= 0.3 is 0 Å². The highest BCUT2D eigenvalue weighted by Gasteiger charge is 2.29. The van der Waals surface area contributed by atoms with Crippen LogP contribution in [-0.2, 0) is 0 Å². The zero-order chi connectivity index (χ0) is 9.38. The van der Waals surface area contributed by atoms with E-state index in [1.165, 1.54) is 37.9 Å². The third kappa shape index (κ3) is 1.67. The van der Waals surface area contributed by atoms with Crippen molar-refractivity contribution in [3.8, 4) is 0 Å². The predicted molar refractivity (Wildman–Crippen MR) is 57.4 cm³/mol. The van der Waals surface area contributed by atoms with Crippen molar-refractivity contribution in [1.29, 1.82) is 0 Å². The van der Waals surface area contributed by atoms with Crippen LogP contribution < -0.4 is 0 Å². The second-order valence-corrected chi connectivity index (χ2v) is 5.52. The first kappa shape index (κ1) is 8.77. The average molecular weight is 209 g/mol. The summed E-state index contributed by atoms with van der Waals surface area (Å²) in [5.41, 5.74) is 0. The molecule has 2 fully saturated rings. The van der Waals surface area contributed by atoms with Gasteiger partial charge in [-0.1, -0.05) is 6.42 Å². The molecule has 1 aromatic rings. The average Bonchev–Trinajstić information content (AvgIpc) is 2.98. The zero-order valence-electron chi connectivity index (χ0n) is 8.20. The smallest absolute Gasteiger partial charge is 0.153 e. The molecule has 0 amide bonds. The highest BCUT2D eigenvalue weighted by molar-refractivity contribution is 7.99. The second kappa shape index (κ2) is 3.57. The molecule has 4 heteroatoms. The fraction of sp³-hybridized carbons (Fsp3) is 0.800. The summed E-state index contributed by atoms with van der Waals surface area (Å²) in [5, 5.41) is 8.01. The largest absolute Gasteiger partial charge is 0.262 e. The molecule has 1 unspecified atom stereocenters. The van der Waals surface area contributed by atoms with E-state index in [-0.39, 0.29) is 0 Å². The number of hydrogen-bond acceptors (Lipinski definition) is 3. The van der Waals surface area contributed by atoms with Gasteiger partial charge in [-0.15, -0.1) is 0 Å². The van der Waals surface area contributed by atoms with Crippen LogP contribution in [0.25, 0.3) is 0 Å². The number of thioether (sulfide) groups is 1. The summed E-state index contributed by atoms with van der Waals surface area (Å²) < 4.78 is 0. The number of nitrogens with zero attached hydrogens (tertiary/aromatic N) is 2. The summed E-state index contributed by atoms with van der Waals surface area (Å²) in [7, 11) is 0. The van der Waals surface area contributed by atoms with E-state index in [4.69, 9.17) is 0 Å². The third-order valence-electron chi connectivity index (χ3n) is 2.95. The van der Waals surface area contributed by atoms with Crippen LogP contribution in [0, 0.1) is 0 Å². The van der Waals surface area contributed by atoms with E-state index in [9.17, 15) is 0 Å². The third-order valence-corrected chi connectivity index (χ3v) is 4.33. The van der Waals surface area contributed by atoms with Gasteiger partial charge < -0.3 is 0 Å². The maximum Gasteiger partial charge on any atom is 0.153 e. The van der Waals surface area contributed by atoms with Gasteiger partial charge in [0.15, 0.2) is 5.82 Å². The lowest BCUT2D eigenvalue weighted by Gasteiger charge is -2.18. The normalized spacial score (nSPS) is 27.9. The lowest BCUT2D eigenvalue weighted by Crippen LogP contribution is -2.03. The molecule has 0 bridgehead atoms. The number of nitrogens with one attached hydrogen (secondary N) is 1. The lowest BCUT2D eigenvalue weighted by atomic mass is 10.2. The Morgan fingerprint density at radius 3 is 2.86 bits per heavy atom. The van der Waals surface area contributed by atoms with Gasteiger partial charge in [-0.2, -0.15) is 16.9 Å². The van der Waals surface area contributed by atoms with E-state index >= 15 is 0 Å². The molecule has 1 aliphatic carbocycles. The van der Waals surface area contributed by atoms with Crippen LogP contribution in [0.1, 0.15) is 54.9 Å². The Morgan fingerprint density at radius 2 is 2.14 bits per heavy atom. The standard InChI is InChI=1S/C10H15N3S/c1-2-6-14-8(3-1)10-11-9(12-13-10)7-4-5-7/h7-8H,1-6H2,(H,11,12,13). The van der Waals surface area contributed by atoms with Gasteiger partial charge in [-0.25, -0.2) is 4.98 Å². The summed E-state index contributed by atoms with van der Waals surface area (Å²) in [6, 6.07) is 0. The molecule has 1 saturated carbocycles. The maximum atomic E-state index is 4.61. The lowest BCUT2D eigenvalue weighted by molar-refractivity contribution is 0.664. The van der Waals surface area contributed by atoms with Gasteiger partial charge in [-0.3, -0.25) is 5.10 Å².